The van der Waals surface area contributed by atoms with E-state index in [1.807, 2.05) is 61.5 Å². The molecule has 0 fully saturated rings. The number of fused-ring (bicyclic) bond motifs is 1. The first-order valence-corrected chi connectivity index (χ1v) is 6.35. The lowest BCUT2D eigenvalue weighted by molar-refractivity contribution is -0.201. The van der Waals surface area contributed by atoms with Gasteiger partial charge in [0, 0.05) is 18.1 Å². The molecule has 96 valence electrons. The van der Waals surface area contributed by atoms with Crippen LogP contribution in [0, 0.1) is 0 Å². The van der Waals surface area contributed by atoms with Gasteiger partial charge < -0.3 is 9.47 Å². The Bertz CT molecular complexity index is 604. The van der Waals surface area contributed by atoms with Crippen molar-refractivity contribution in [2.75, 3.05) is 0 Å². The largest absolute Gasteiger partial charge is 0.458 e. The fourth-order valence-corrected chi connectivity index (χ4v) is 2.28. The quantitative estimate of drug-likeness (QED) is 0.800. The van der Waals surface area contributed by atoms with Gasteiger partial charge in [0.15, 0.2) is 0 Å². The molecule has 0 aromatic heterocycles. The van der Waals surface area contributed by atoms with Crippen molar-refractivity contribution in [2.24, 2.45) is 0 Å². The second-order valence-corrected chi connectivity index (χ2v) is 4.77. The van der Waals surface area contributed by atoms with Crippen LogP contribution in [0.3, 0.4) is 0 Å². The Balaban J connectivity index is 1.96. The van der Waals surface area contributed by atoms with E-state index in [1.165, 1.54) is 0 Å². The summed E-state index contributed by atoms with van der Waals surface area (Å²) >= 11 is 0. The van der Waals surface area contributed by atoms with Crippen LogP contribution in [0.4, 0.5) is 0 Å². The van der Waals surface area contributed by atoms with Gasteiger partial charge in [-0.05, 0) is 17.7 Å². The van der Waals surface area contributed by atoms with Crippen molar-refractivity contribution in [3.63, 3.8) is 0 Å². The number of benzene rings is 2. The predicted molar refractivity (Wildman–Crippen MR) is 75.7 cm³/mol. The third-order valence-corrected chi connectivity index (χ3v) is 3.43. The Morgan fingerprint density at radius 2 is 1.95 bits per heavy atom. The highest BCUT2D eigenvalue weighted by atomic mass is 16.7. The van der Waals surface area contributed by atoms with Gasteiger partial charge in [-0.3, -0.25) is 0 Å². The van der Waals surface area contributed by atoms with Crippen LogP contribution in [-0.2, 0) is 17.1 Å². The Morgan fingerprint density at radius 1 is 1.16 bits per heavy atom. The maximum absolute atomic E-state index is 6.05. The first-order chi connectivity index (χ1) is 9.21. The van der Waals surface area contributed by atoms with Crippen molar-refractivity contribution >= 4 is 6.08 Å². The number of hydrogen-bond acceptors (Lipinski definition) is 2. The third-order valence-electron chi connectivity index (χ3n) is 3.43. The zero-order valence-electron chi connectivity index (χ0n) is 10.9. The molecule has 1 atom stereocenters. The molecule has 0 saturated carbocycles. The highest BCUT2D eigenvalue weighted by molar-refractivity contribution is 5.52. The Morgan fingerprint density at radius 3 is 2.68 bits per heavy atom. The summed E-state index contributed by atoms with van der Waals surface area (Å²) in [5.41, 5.74) is 3.16. The van der Waals surface area contributed by atoms with Gasteiger partial charge in [0.05, 0.1) is 6.61 Å². The smallest absolute Gasteiger partial charge is 0.234 e. The van der Waals surface area contributed by atoms with Gasteiger partial charge in [-0.15, -0.1) is 0 Å². The minimum absolute atomic E-state index is 0.544. The van der Waals surface area contributed by atoms with Crippen molar-refractivity contribution in [1.29, 1.82) is 0 Å². The SMILES string of the molecule is C=Cc1ccc2c(c1)COC(C)(c1ccccc1)O2. The molecule has 1 heterocycles. The molecule has 0 saturated heterocycles. The van der Waals surface area contributed by atoms with Crippen molar-refractivity contribution in [3.05, 3.63) is 71.8 Å². The summed E-state index contributed by atoms with van der Waals surface area (Å²) in [6, 6.07) is 16.0. The van der Waals surface area contributed by atoms with Crippen LogP contribution < -0.4 is 4.74 Å². The molecular formula is C17H16O2. The summed E-state index contributed by atoms with van der Waals surface area (Å²) in [5, 5.41) is 0. The number of rotatable bonds is 2. The number of hydrogen-bond donors (Lipinski definition) is 0. The van der Waals surface area contributed by atoms with Crippen LogP contribution in [0.25, 0.3) is 6.08 Å². The molecule has 2 heteroatoms. The van der Waals surface area contributed by atoms with Crippen LogP contribution in [0.5, 0.6) is 5.75 Å². The number of ether oxygens (including phenoxy) is 2. The summed E-state index contributed by atoms with van der Waals surface area (Å²) in [6.07, 6.45) is 1.82. The van der Waals surface area contributed by atoms with Crippen LogP contribution in [0.2, 0.25) is 0 Å². The summed E-state index contributed by atoms with van der Waals surface area (Å²) < 4.78 is 12.0. The molecule has 0 N–H and O–H groups in total. The zero-order chi connectivity index (χ0) is 13.3. The average Bonchev–Trinajstić information content (AvgIpc) is 2.47. The Hall–Kier alpha value is -2.06. The minimum atomic E-state index is -0.718. The maximum Gasteiger partial charge on any atom is 0.234 e. The second-order valence-electron chi connectivity index (χ2n) is 4.77. The van der Waals surface area contributed by atoms with Gasteiger partial charge in [0.1, 0.15) is 5.75 Å². The maximum atomic E-state index is 6.05. The van der Waals surface area contributed by atoms with E-state index in [1.54, 1.807) is 0 Å². The molecule has 3 rings (SSSR count). The van der Waals surface area contributed by atoms with Gasteiger partial charge in [-0.2, -0.15) is 0 Å². The summed E-state index contributed by atoms with van der Waals surface area (Å²) in [5.74, 6) is 0.160. The van der Waals surface area contributed by atoms with Gasteiger partial charge in [-0.1, -0.05) is 49.1 Å². The van der Waals surface area contributed by atoms with E-state index in [2.05, 4.69) is 6.58 Å². The second kappa shape index (κ2) is 4.56. The van der Waals surface area contributed by atoms with Crippen molar-refractivity contribution in [1.82, 2.24) is 0 Å². The first-order valence-electron chi connectivity index (χ1n) is 6.35. The molecule has 0 aliphatic carbocycles. The molecule has 2 aromatic carbocycles. The highest BCUT2D eigenvalue weighted by Crippen LogP contribution is 2.37. The van der Waals surface area contributed by atoms with Crippen molar-refractivity contribution < 1.29 is 9.47 Å². The normalized spacial score (nSPS) is 21.3. The van der Waals surface area contributed by atoms with Gasteiger partial charge in [0.2, 0.25) is 5.79 Å². The molecule has 0 bridgehead atoms. The van der Waals surface area contributed by atoms with E-state index in [4.69, 9.17) is 9.47 Å². The van der Waals surface area contributed by atoms with Crippen molar-refractivity contribution in [3.8, 4) is 5.75 Å². The molecule has 0 radical (unpaired) electrons. The topological polar surface area (TPSA) is 18.5 Å². The lowest BCUT2D eigenvalue weighted by Gasteiger charge is -2.36. The molecule has 1 aliphatic heterocycles. The minimum Gasteiger partial charge on any atom is -0.458 e. The van der Waals surface area contributed by atoms with E-state index in [0.29, 0.717) is 6.61 Å². The molecule has 0 amide bonds. The zero-order valence-corrected chi connectivity index (χ0v) is 10.9. The third kappa shape index (κ3) is 2.15. The highest BCUT2D eigenvalue weighted by Gasteiger charge is 2.34. The van der Waals surface area contributed by atoms with E-state index >= 15 is 0 Å². The lowest BCUT2D eigenvalue weighted by Crippen LogP contribution is -2.36. The van der Waals surface area contributed by atoms with E-state index in [9.17, 15) is 0 Å². The van der Waals surface area contributed by atoms with E-state index < -0.39 is 5.79 Å². The predicted octanol–water partition coefficient (Wildman–Crippen LogP) is 4.11. The molecule has 1 aliphatic rings. The van der Waals surface area contributed by atoms with Crippen LogP contribution >= 0.6 is 0 Å². The van der Waals surface area contributed by atoms with E-state index in [-0.39, 0.29) is 0 Å². The molecule has 2 aromatic rings. The summed E-state index contributed by atoms with van der Waals surface area (Å²) in [6.45, 7) is 6.27. The van der Waals surface area contributed by atoms with Crippen molar-refractivity contribution in [2.45, 2.75) is 19.3 Å². The fourth-order valence-electron chi connectivity index (χ4n) is 2.28. The first kappa shape index (κ1) is 12.0. The van der Waals surface area contributed by atoms with Gasteiger partial charge >= 0.3 is 0 Å². The summed E-state index contributed by atoms with van der Waals surface area (Å²) in [7, 11) is 0. The van der Waals surface area contributed by atoms with Crippen LogP contribution in [0.15, 0.2) is 55.1 Å². The molecule has 1 unspecified atom stereocenters. The van der Waals surface area contributed by atoms with E-state index in [0.717, 1.165) is 22.4 Å². The molecule has 19 heavy (non-hydrogen) atoms. The standard InChI is InChI=1S/C17H16O2/c1-3-13-9-10-16-14(11-13)12-18-17(2,19-16)15-7-5-4-6-8-15/h3-11H,1,12H2,2H3. The average molecular weight is 252 g/mol. The fraction of sp³-hybridized carbons (Fsp3) is 0.176. The Kier molecular flexibility index (Phi) is 2.88. The molecule has 0 spiro atoms. The molecule has 2 nitrogen and oxygen atoms in total. The monoisotopic (exact) mass is 252 g/mol. The lowest BCUT2D eigenvalue weighted by atomic mass is 10.0. The van der Waals surface area contributed by atoms with Crippen LogP contribution in [0.1, 0.15) is 23.6 Å². The summed E-state index contributed by atoms with van der Waals surface area (Å²) in [4.78, 5) is 0. The van der Waals surface area contributed by atoms with Crippen LogP contribution in [-0.4, -0.2) is 0 Å². The van der Waals surface area contributed by atoms with Gasteiger partial charge in [-0.25, -0.2) is 0 Å². The molecular weight excluding hydrogens is 236 g/mol. The Labute approximate surface area is 113 Å². The van der Waals surface area contributed by atoms with Gasteiger partial charge in [0.25, 0.3) is 0 Å².